The Morgan fingerprint density at radius 3 is 2.33 bits per heavy atom. The van der Waals surface area contributed by atoms with Gasteiger partial charge in [-0.3, -0.25) is 0 Å². The summed E-state index contributed by atoms with van der Waals surface area (Å²) in [5.41, 5.74) is 0.950. The summed E-state index contributed by atoms with van der Waals surface area (Å²) in [5, 5.41) is 0. The molecule has 1 aliphatic heterocycles. The minimum Gasteiger partial charge on any atom is -0.493 e. The molecule has 2 atom stereocenters. The summed E-state index contributed by atoms with van der Waals surface area (Å²) in [4.78, 5) is 0. The highest BCUT2D eigenvalue weighted by molar-refractivity contribution is 5.43. The molecule has 1 aliphatic rings. The van der Waals surface area contributed by atoms with Crippen LogP contribution in [0.25, 0.3) is 0 Å². The number of hydrogen-bond acceptors (Lipinski definition) is 4. The molecule has 1 heterocycles. The molecule has 100 valence electrons. The zero-order valence-electron chi connectivity index (χ0n) is 11.3. The smallest absolute Gasteiger partial charge is 0.184 e. The van der Waals surface area contributed by atoms with Gasteiger partial charge in [0.15, 0.2) is 17.8 Å². The zero-order chi connectivity index (χ0) is 13.1. The van der Waals surface area contributed by atoms with E-state index in [1.165, 1.54) is 0 Å². The summed E-state index contributed by atoms with van der Waals surface area (Å²) in [6, 6.07) is 5.74. The van der Waals surface area contributed by atoms with Crippen molar-refractivity contribution in [2.24, 2.45) is 0 Å². The number of rotatable bonds is 4. The van der Waals surface area contributed by atoms with Crippen LogP contribution >= 0.6 is 0 Å². The lowest BCUT2D eigenvalue weighted by molar-refractivity contribution is -0.0654. The van der Waals surface area contributed by atoms with Crippen molar-refractivity contribution in [1.82, 2.24) is 0 Å². The van der Waals surface area contributed by atoms with Gasteiger partial charge in [0.1, 0.15) is 0 Å². The average Bonchev–Trinajstić information content (AvgIpc) is 2.70. The van der Waals surface area contributed by atoms with E-state index in [0.29, 0.717) is 12.4 Å². The van der Waals surface area contributed by atoms with E-state index in [2.05, 4.69) is 0 Å². The lowest BCUT2D eigenvalue weighted by Gasteiger charge is -2.14. The van der Waals surface area contributed by atoms with Gasteiger partial charge in [-0.05, 0) is 32.9 Å². The second kappa shape index (κ2) is 5.59. The van der Waals surface area contributed by atoms with E-state index in [0.717, 1.165) is 11.3 Å². The van der Waals surface area contributed by atoms with Gasteiger partial charge < -0.3 is 18.9 Å². The van der Waals surface area contributed by atoms with Crippen LogP contribution in [0.2, 0.25) is 0 Å². The quantitative estimate of drug-likeness (QED) is 0.825. The van der Waals surface area contributed by atoms with Gasteiger partial charge in [0.2, 0.25) is 0 Å². The van der Waals surface area contributed by atoms with E-state index in [1.807, 2.05) is 39.0 Å². The van der Waals surface area contributed by atoms with Gasteiger partial charge >= 0.3 is 0 Å². The monoisotopic (exact) mass is 252 g/mol. The maximum Gasteiger partial charge on any atom is 0.184 e. The van der Waals surface area contributed by atoms with Crippen LogP contribution in [0, 0.1) is 0 Å². The number of benzene rings is 1. The molecule has 0 bridgehead atoms. The van der Waals surface area contributed by atoms with E-state index < -0.39 is 0 Å². The molecule has 1 saturated heterocycles. The Kier molecular flexibility index (Phi) is 4.09. The van der Waals surface area contributed by atoms with Crippen LogP contribution in [0.5, 0.6) is 11.5 Å². The first-order valence-electron chi connectivity index (χ1n) is 6.27. The summed E-state index contributed by atoms with van der Waals surface area (Å²) in [6.45, 7) is 6.58. The maximum absolute atomic E-state index is 5.74. The van der Waals surface area contributed by atoms with Crippen LogP contribution in [0.3, 0.4) is 0 Å². The summed E-state index contributed by atoms with van der Waals surface area (Å²) in [5.74, 6) is 1.44. The van der Waals surface area contributed by atoms with Gasteiger partial charge in [-0.25, -0.2) is 0 Å². The van der Waals surface area contributed by atoms with Gasteiger partial charge in [-0.15, -0.1) is 0 Å². The molecule has 0 N–H and O–H groups in total. The molecule has 0 radical (unpaired) electrons. The highest BCUT2D eigenvalue weighted by Crippen LogP contribution is 2.36. The first kappa shape index (κ1) is 13.2. The number of methoxy groups -OCH3 is 1. The van der Waals surface area contributed by atoms with Crippen LogP contribution in [0.1, 0.15) is 32.6 Å². The predicted molar refractivity (Wildman–Crippen MR) is 68.0 cm³/mol. The Bertz CT molecular complexity index is 395. The third-order valence-electron chi connectivity index (χ3n) is 3.10. The molecule has 18 heavy (non-hydrogen) atoms. The first-order chi connectivity index (χ1) is 8.65. The molecule has 0 aliphatic carbocycles. The molecule has 1 fully saturated rings. The van der Waals surface area contributed by atoms with E-state index in [-0.39, 0.29) is 18.5 Å². The summed E-state index contributed by atoms with van der Waals surface area (Å²) in [7, 11) is 1.63. The molecule has 0 saturated carbocycles. The molecule has 2 rings (SSSR count). The second-order valence-electron chi connectivity index (χ2n) is 4.36. The van der Waals surface area contributed by atoms with E-state index in [1.54, 1.807) is 7.11 Å². The Morgan fingerprint density at radius 1 is 1.11 bits per heavy atom. The predicted octanol–water partition coefficient (Wildman–Crippen LogP) is 2.92. The third kappa shape index (κ3) is 2.60. The van der Waals surface area contributed by atoms with Gasteiger partial charge in [0.05, 0.1) is 25.9 Å². The van der Waals surface area contributed by atoms with Crippen LogP contribution in [0.15, 0.2) is 18.2 Å². The van der Waals surface area contributed by atoms with Crippen LogP contribution < -0.4 is 9.47 Å². The lowest BCUT2D eigenvalue weighted by atomic mass is 10.2. The van der Waals surface area contributed by atoms with Crippen molar-refractivity contribution in [1.29, 1.82) is 0 Å². The summed E-state index contributed by atoms with van der Waals surface area (Å²) < 4.78 is 22.3. The molecule has 4 heteroatoms. The molecule has 0 unspecified atom stereocenters. The van der Waals surface area contributed by atoms with Gasteiger partial charge in [0, 0.05) is 5.56 Å². The van der Waals surface area contributed by atoms with Crippen molar-refractivity contribution in [2.45, 2.75) is 39.3 Å². The summed E-state index contributed by atoms with van der Waals surface area (Å²) in [6.07, 6.45) is -0.111. The summed E-state index contributed by atoms with van der Waals surface area (Å²) >= 11 is 0. The Morgan fingerprint density at radius 2 is 1.78 bits per heavy atom. The molecule has 1 aromatic rings. The topological polar surface area (TPSA) is 36.9 Å². The maximum atomic E-state index is 5.74. The van der Waals surface area contributed by atoms with Crippen molar-refractivity contribution in [2.75, 3.05) is 13.7 Å². The Labute approximate surface area is 108 Å². The largest absolute Gasteiger partial charge is 0.493 e. The van der Waals surface area contributed by atoms with Crippen molar-refractivity contribution in [3.63, 3.8) is 0 Å². The lowest BCUT2D eigenvalue weighted by Crippen LogP contribution is -2.13. The number of ether oxygens (including phenoxy) is 4. The average molecular weight is 252 g/mol. The molecule has 4 nitrogen and oxygen atoms in total. The van der Waals surface area contributed by atoms with Crippen LogP contribution in [0.4, 0.5) is 0 Å². The van der Waals surface area contributed by atoms with Crippen LogP contribution in [-0.2, 0) is 9.47 Å². The Hall–Kier alpha value is -1.26. The van der Waals surface area contributed by atoms with Crippen molar-refractivity contribution in [3.05, 3.63) is 23.8 Å². The van der Waals surface area contributed by atoms with Gasteiger partial charge in [-0.1, -0.05) is 6.07 Å². The molecular weight excluding hydrogens is 232 g/mol. The fraction of sp³-hybridized carbons (Fsp3) is 0.571. The minimum absolute atomic E-state index is 0.104. The van der Waals surface area contributed by atoms with Crippen molar-refractivity contribution in [3.8, 4) is 11.5 Å². The van der Waals surface area contributed by atoms with Crippen molar-refractivity contribution >= 4 is 0 Å². The highest BCUT2D eigenvalue weighted by Gasteiger charge is 2.31. The standard InChI is InChI=1S/C14H20O4/c1-5-16-12-7-6-11(8-13(12)15-4)14-17-9(2)10(3)18-14/h6-10,14H,5H2,1-4H3/t9-,10-/m0/s1. The second-order valence-corrected chi connectivity index (χ2v) is 4.36. The first-order valence-corrected chi connectivity index (χ1v) is 6.27. The van der Waals surface area contributed by atoms with Crippen LogP contribution in [-0.4, -0.2) is 25.9 Å². The normalized spacial score (nSPS) is 24.2. The molecule has 0 aromatic heterocycles. The van der Waals surface area contributed by atoms with E-state index in [9.17, 15) is 0 Å². The van der Waals surface area contributed by atoms with Crippen molar-refractivity contribution < 1.29 is 18.9 Å². The minimum atomic E-state index is -0.320. The molecule has 0 spiro atoms. The Balaban J connectivity index is 2.19. The fourth-order valence-electron chi connectivity index (χ4n) is 1.91. The highest BCUT2D eigenvalue weighted by atomic mass is 16.7. The molecular formula is C14H20O4. The van der Waals surface area contributed by atoms with Gasteiger partial charge in [-0.2, -0.15) is 0 Å². The number of hydrogen-bond donors (Lipinski definition) is 0. The van der Waals surface area contributed by atoms with Gasteiger partial charge in [0.25, 0.3) is 0 Å². The fourth-order valence-corrected chi connectivity index (χ4v) is 1.91. The van der Waals surface area contributed by atoms with E-state index in [4.69, 9.17) is 18.9 Å². The third-order valence-corrected chi connectivity index (χ3v) is 3.10. The zero-order valence-corrected chi connectivity index (χ0v) is 11.3. The molecule has 1 aromatic carbocycles. The van der Waals surface area contributed by atoms with E-state index >= 15 is 0 Å². The SMILES string of the molecule is CCOc1ccc(C2O[C@@H](C)[C@H](C)O2)cc1OC. The molecule has 0 amide bonds.